The average molecular weight is 536 g/mol. The van der Waals surface area contributed by atoms with Gasteiger partial charge in [0.1, 0.15) is 12.4 Å². The van der Waals surface area contributed by atoms with Crippen molar-refractivity contribution in [2.75, 3.05) is 51.8 Å². The highest BCUT2D eigenvalue weighted by Crippen LogP contribution is 2.31. The number of methoxy groups -OCH3 is 2. The number of ether oxygens (including phenoxy) is 2. The SMILES string of the molecule is COc1ccc(-c2ccc(N3CCCN(C(=O)CN(C(=O)c4ccccc4F)C(C)C)CC3)nn2)cc1OC. The van der Waals surface area contributed by atoms with Crippen molar-refractivity contribution in [3.05, 3.63) is 66.0 Å². The maximum atomic E-state index is 14.2. The summed E-state index contributed by atoms with van der Waals surface area (Å²) in [6, 6.07) is 15.0. The van der Waals surface area contributed by atoms with Crippen LogP contribution < -0.4 is 14.4 Å². The highest BCUT2D eigenvalue weighted by atomic mass is 19.1. The van der Waals surface area contributed by atoms with Gasteiger partial charge in [-0.3, -0.25) is 9.59 Å². The summed E-state index contributed by atoms with van der Waals surface area (Å²) in [6.07, 6.45) is 0.744. The third kappa shape index (κ3) is 6.45. The van der Waals surface area contributed by atoms with Crippen LogP contribution in [0.4, 0.5) is 10.2 Å². The lowest BCUT2D eigenvalue weighted by Gasteiger charge is -2.29. The van der Waals surface area contributed by atoms with Gasteiger partial charge in [0.05, 0.1) is 25.5 Å². The Bertz CT molecular complexity index is 1300. The van der Waals surface area contributed by atoms with Gasteiger partial charge in [0.25, 0.3) is 5.91 Å². The summed E-state index contributed by atoms with van der Waals surface area (Å²) in [7, 11) is 3.18. The number of hydrogen-bond acceptors (Lipinski definition) is 7. The summed E-state index contributed by atoms with van der Waals surface area (Å²) in [6.45, 7) is 5.88. The van der Waals surface area contributed by atoms with E-state index in [-0.39, 0.29) is 24.1 Å². The molecule has 10 heteroatoms. The molecule has 0 unspecified atom stereocenters. The van der Waals surface area contributed by atoms with Gasteiger partial charge in [-0.05, 0) is 62.7 Å². The van der Waals surface area contributed by atoms with E-state index in [1.165, 1.54) is 23.1 Å². The highest BCUT2D eigenvalue weighted by molar-refractivity contribution is 5.97. The fourth-order valence-corrected chi connectivity index (χ4v) is 4.56. The normalized spacial score (nSPS) is 13.7. The van der Waals surface area contributed by atoms with Crippen LogP contribution in [0.25, 0.3) is 11.3 Å². The predicted molar refractivity (Wildman–Crippen MR) is 147 cm³/mol. The fraction of sp³-hybridized carbons (Fsp3) is 0.379. The summed E-state index contributed by atoms with van der Waals surface area (Å²) in [5.41, 5.74) is 1.54. The van der Waals surface area contributed by atoms with Gasteiger partial charge in [0.15, 0.2) is 17.3 Å². The number of benzene rings is 2. The van der Waals surface area contributed by atoms with Gasteiger partial charge < -0.3 is 24.2 Å². The summed E-state index contributed by atoms with van der Waals surface area (Å²) >= 11 is 0. The first-order chi connectivity index (χ1) is 18.8. The number of halogens is 1. The van der Waals surface area contributed by atoms with Crippen molar-refractivity contribution >= 4 is 17.6 Å². The number of rotatable bonds is 8. The third-order valence-corrected chi connectivity index (χ3v) is 6.80. The molecule has 0 spiro atoms. The van der Waals surface area contributed by atoms with Crippen LogP contribution in [0.2, 0.25) is 0 Å². The van der Waals surface area contributed by atoms with Crippen molar-refractivity contribution in [1.29, 1.82) is 0 Å². The van der Waals surface area contributed by atoms with Gasteiger partial charge >= 0.3 is 0 Å². The van der Waals surface area contributed by atoms with Gasteiger partial charge in [0.2, 0.25) is 5.91 Å². The van der Waals surface area contributed by atoms with Gasteiger partial charge in [-0.2, -0.15) is 0 Å². The Labute approximate surface area is 228 Å². The Morgan fingerprint density at radius 1 is 0.949 bits per heavy atom. The van der Waals surface area contributed by atoms with Crippen LogP contribution in [0, 0.1) is 5.82 Å². The molecule has 2 amide bonds. The summed E-state index contributed by atoms with van der Waals surface area (Å²) in [5, 5.41) is 8.85. The molecule has 1 aliphatic rings. The molecule has 0 aliphatic carbocycles. The molecule has 0 N–H and O–H groups in total. The second kappa shape index (κ2) is 12.6. The molecule has 4 rings (SSSR count). The minimum absolute atomic E-state index is 0.0313. The lowest BCUT2D eigenvalue weighted by Crippen LogP contribution is -2.47. The van der Waals surface area contributed by atoms with E-state index in [1.807, 2.05) is 44.2 Å². The monoisotopic (exact) mass is 535 g/mol. The molecule has 1 fully saturated rings. The molecule has 1 aliphatic heterocycles. The molecular formula is C29H34FN5O4. The molecule has 0 bridgehead atoms. The Morgan fingerprint density at radius 2 is 1.72 bits per heavy atom. The van der Waals surface area contributed by atoms with Crippen LogP contribution in [0.15, 0.2) is 54.6 Å². The van der Waals surface area contributed by atoms with Gasteiger partial charge in [-0.15, -0.1) is 10.2 Å². The van der Waals surface area contributed by atoms with E-state index in [0.717, 1.165) is 24.3 Å². The van der Waals surface area contributed by atoms with Gasteiger partial charge in [0, 0.05) is 37.8 Å². The van der Waals surface area contributed by atoms with Crippen molar-refractivity contribution in [3.8, 4) is 22.8 Å². The number of carbonyl (C=O) groups excluding carboxylic acids is 2. The fourth-order valence-electron chi connectivity index (χ4n) is 4.56. The molecule has 3 aromatic rings. The number of nitrogens with zero attached hydrogens (tertiary/aromatic N) is 5. The predicted octanol–water partition coefficient (Wildman–Crippen LogP) is 3.89. The third-order valence-electron chi connectivity index (χ3n) is 6.80. The minimum Gasteiger partial charge on any atom is -0.493 e. The lowest BCUT2D eigenvalue weighted by atomic mass is 10.1. The van der Waals surface area contributed by atoms with Crippen LogP contribution in [0.1, 0.15) is 30.6 Å². The largest absolute Gasteiger partial charge is 0.493 e. The molecule has 206 valence electrons. The minimum atomic E-state index is -0.593. The molecule has 39 heavy (non-hydrogen) atoms. The molecule has 2 aromatic carbocycles. The molecule has 2 heterocycles. The van der Waals surface area contributed by atoms with Crippen LogP contribution in [0.3, 0.4) is 0 Å². The average Bonchev–Trinajstić information content (AvgIpc) is 3.22. The van der Waals surface area contributed by atoms with Crippen molar-refractivity contribution in [1.82, 2.24) is 20.0 Å². The van der Waals surface area contributed by atoms with Gasteiger partial charge in [-0.1, -0.05) is 12.1 Å². The number of aromatic nitrogens is 2. The lowest BCUT2D eigenvalue weighted by molar-refractivity contribution is -0.132. The first-order valence-electron chi connectivity index (χ1n) is 13.0. The Hall–Kier alpha value is -4.21. The molecular weight excluding hydrogens is 501 g/mol. The Kier molecular flexibility index (Phi) is 8.96. The van der Waals surface area contributed by atoms with E-state index in [4.69, 9.17) is 9.47 Å². The summed E-state index contributed by atoms with van der Waals surface area (Å²) in [4.78, 5) is 31.5. The number of carbonyl (C=O) groups is 2. The number of anilines is 1. The van der Waals surface area contributed by atoms with Gasteiger partial charge in [-0.25, -0.2) is 4.39 Å². The van der Waals surface area contributed by atoms with Crippen molar-refractivity contribution in [2.45, 2.75) is 26.3 Å². The number of amides is 2. The zero-order valence-electron chi connectivity index (χ0n) is 22.8. The van der Waals surface area contributed by atoms with Crippen molar-refractivity contribution < 1.29 is 23.5 Å². The van der Waals surface area contributed by atoms with Crippen LogP contribution in [0.5, 0.6) is 11.5 Å². The maximum Gasteiger partial charge on any atom is 0.257 e. The first kappa shape index (κ1) is 27.8. The van der Waals surface area contributed by atoms with E-state index < -0.39 is 11.7 Å². The highest BCUT2D eigenvalue weighted by Gasteiger charge is 2.27. The molecule has 9 nitrogen and oxygen atoms in total. The number of hydrogen-bond donors (Lipinski definition) is 0. The van der Waals surface area contributed by atoms with Crippen molar-refractivity contribution in [3.63, 3.8) is 0 Å². The van der Waals surface area contributed by atoms with E-state index in [1.54, 1.807) is 25.2 Å². The van der Waals surface area contributed by atoms with Crippen molar-refractivity contribution in [2.24, 2.45) is 0 Å². The molecule has 1 aromatic heterocycles. The zero-order chi connectivity index (χ0) is 27.9. The standard InChI is InChI=1S/C29H34FN5O4/c1-20(2)35(29(37)22-8-5-6-9-23(22)30)19-28(36)34-15-7-14-33(16-17-34)27-13-11-24(31-32-27)21-10-12-25(38-3)26(18-21)39-4/h5-6,8-13,18,20H,7,14-17,19H2,1-4H3. The van der Waals surface area contributed by atoms with Crippen LogP contribution >= 0.6 is 0 Å². The van der Waals surface area contributed by atoms with Crippen LogP contribution in [-0.2, 0) is 4.79 Å². The summed E-state index contributed by atoms with van der Waals surface area (Å²) in [5.74, 6) is 0.742. The second-order valence-electron chi connectivity index (χ2n) is 9.57. The topological polar surface area (TPSA) is 88.1 Å². The van der Waals surface area contributed by atoms with E-state index in [2.05, 4.69) is 15.1 Å². The van der Waals surface area contributed by atoms with E-state index in [0.29, 0.717) is 36.8 Å². The maximum absolute atomic E-state index is 14.2. The molecule has 1 saturated heterocycles. The second-order valence-corrected chi connectivity index (χ2v) is 9.57. The molecule has 0 radical (unpaired) electrons. The Morgan fingerprint density at radius 3 is 2.38 bits per heavy atom. The molecule has 0 saturated carbocycles. The molecule has 0 atom stereocenters. The summed E-state index contributed by atoms with van der Waals surface area (Å²) < 4.78 is 24.9. The zero-order valence-corrected chi connectivity index (χ0v) is 22.8. The van der Waals surface area contributed by atoms with E-state index >= 15 is 0 Å². The van der Waals surface area contributed by atoms with Crippen LogP contribution in [-0.4, -0.2) is 84.8 Å². The Balaban J connectivity index is 1.39. The first-order valence-corrected chi connectivity index (χ1v) is 13.0. The quantitative estimate of drug-likeness (QED) is 0.433. The smallest absolute Gasteiger partial charge is 0.257 e. The van der Waals surface area contributed by atoms with E-state index in [9.17, 15) is 14.0 Å².